The minimum atomic E-state index is -0.690. The van der Waals surface area contributed by atoms with E-state index >= 15 is 0 Å². The summed E-state index contributed by atoms with van der Waals surface area (Å²) >= 11 is 0. The van der Waals surface area contributed by atoms with E-state index in [1.54, 1.807) is 0 Å². The van der Waals surface area contributed by atoms with Crippen LogP contribution in [0.3, 0.4) is 0 Å². The molecule has 112 valence electrons. The zero-order chi connectivity index (χ0) is 15.1. The topological polar surface area (TPSA) is 37.3 Å². The number of carbonyl (C=O) groups is 1. The lowest BCUT2D eigenvalue weighted by atomic mass is 9.88. The molecule has 2 heteroatoms. The number of hydrogen-bond acceptors (Lipinski definition) is 1. The van der Waals surface area contributed by atoms with Crippen molar-refractivity contribution >= 4 is 5.97 Å². The van der Waals surface area contributed by atoms with Crippen LogP contribution in [0.25, 0.3) is 0 Å². The zero-order valence-electron chi connectivity index (χ0n) is 13.3. The predicted molar refractivity (Wildman–Crippen MR) is 84.3 cm³/mol. The molecule has 1 N–H and O–H groups in total. The summed E-state index contributed by atoms with van der Waals surface area (Å²) < 4.78 is 0. The molecule has 0 radical (unpaired) electrons. The first-order valence-electron chi connectivity index (χ1n) is 7.87. The molecule has 1 atom stereocenters. The lowest BCUT2D eigenvalue weighted by Crippen LogP contribution is -2.08. The molecule has 0 aliphatic carbocycles. The number of aryl methyl sites for hydroxylation is 3. The molecule has 0 aliphatic rings. The molecule has 1 rings (SSSR count). The van der Waals surface area contributed by atoms with Crippen molar-refractivity contribution in [2.45, 2.75) is 66.2 Å². The van der Waals surface area contributed by atoms with Gasteiger partial charge in [-0.05, 0) is 60.3 Å². The van der Waals surface area contributed by atoms with Crippen LogP contribution in [0.2, 0.25) is 0 Å². The largest absolute Gasteiger partial charge is 0.481 e. The van der Waals surface area contributed by atoms with Crippen molar-refractivity contribution in [2.24, 2.45) is 5.92 Å². The molecular formula is C18H28O2. The summed E-state index contributed by atoms with van der Waals surface area (Å²) in [5.74, 6) is -0.446. The molecule has 0 amide bonds. The maximum atomic E-state index is 10.8. The van der Waals surface area contributed by atoms with Gasteiger partial charge in [-0.2, -0.15) is 0 Å². The van der Waals surface area contributed by atoms with Crippen LogP contribution in [-0.4, -0.2) is 11.1 Å². The zero-order valence-corrected chi connectivity index (χ0v) is 13.3. The van der Waals surface area contributed by atoms with Gasteiger partial charge in [-0.15, -0.1) is 0 Å². The Hall–Kier alpha value is -1.31. The highest BCUT2D eigenvalue weighted by Crippen LogP contribution is 2.23. The molecule has 0 saturated heterocycles. The van der Waals surface area contributed by atoms with Crippen LogP contribution in [0.5, 0.6) is 0 Å². The van der Waals surface area contributed by atoms with E-state index in [0.717, 1.165) is 32.1 Å². The number of rotatable bonds is 8. The Morgan fingerprint density at radius 3 is 2.05 bits per heavy atom. The van der Waals surface area contributed by atoms with Gasteiger partial charge in [0.15, 0.2) is 0 Å². The van der Waals surface area contributed by atoms with Gasteiger partial charge >= 0.3 is 5.97 Å². The normalized spacial score (nSPS) is 12.4. The van der Waals surface area contributed by atoms with E-state index in [9.17, 15) is 4.79 Å². The van der Waals surface area contributed by atoms with Gasteiger partial charge in [0.25, 0.3) is 0 Å². The Morgan fingerprint density at radius 1 is 1.10 bits per heavy atom. The fraction of sp³-hybridized carbons (Fsp3) is 0.611. The van der Waals surface area contributed by atoms with Gasteiger partial charge in [0.05, 0.1) is 0 Å². The van der Waals surface area contributed by atoms with Gasteiger partial charge in [0, 0.05) is 6.42 Å². The summed E-state index contributed by atoms with van der Waals surface area (Å²) in [7, 11) is 0. The van der Waals surface area contributed by atoms with Gasteiger partial charge in [-0.3, -0.25) is 4.79 Å². The number of hydrogen-bond donors (Lipinski definition) is 1. The smallest absolute Gasteiger partial charge is 0.303 e. The van der Waals surface area contributed by atoms with E-state index < -0.39 is 5.97 Å². The standard InChI is InChI=1S/C18H28O2/c1-5-14-11-15(6-2)17(16(7-3)12-14)9-8-13(4)10-18(19)20/h11-13H,5-10H2,1-4H3,(H,19,20). The van der Waals surface area contributed by atoms with E-state index in [0.29, 0.717) is 0 Å². The molecule has 1 aromatic carbocycles. The number of carboxylic acids is 1. The van der Waals surface area contributed by atoms with Crippen molar-refractivity contribution in [1.29, 1.82) is 0 Å². The van der Waals surface area contributed by atoms with Crippen LogP contribution < -0.4 is 0 Å². The van der Waals surface area contributed by atoms with Crippen molar-refractivity contribution in [3.63, 3.8) is 0 Å². The van der Waals surface area contributed by atoms with Gasteiger partial charge in [0.1, 0.15) is 0 Å². The van der Waals surface area contributed by atoms with Gasteiger partial charge < -0.3 is 5.11 Å². The highest BCUT2D eigenvalue weighted by molar-refractivity contribution is 5.66. The summed E-state index contributed by atoms with van der Waals surface area (Å²) in [6.07, 6.45) is 5.43. The Balaban J connectivity index is 2.89. The van der Waals surface area contributed by atoms with Crippen LogP contribution in [0.1, 0.15) is 62.8 Å². The van der Waals surface area contributed by atoms with Gasteiger partial charge in [0.2, 0.25) is 0 Å². The fourth-order valence-corrected chi connectivity index (χ4v) is 2.82. The third-order valence-corrected chi connectivity index (χ3v) is 4.07. The molecule has 0 bridgehead atoms. The highest BCUT2D eigenvalue weighted by Gasteiger charge is 2.12. The minimum absolute atomic E-state index is 0.243. The predicted octanol–water partition coefficient (Wildman–Crippen LogP) is 4.42. The molecule has 20 heavy (non-hydrogen) atoms. The average Bonchev–Trinajstić information content (AvgIpc) is 2.43. The Kier molecular flexibility index (Phi) is 6.77. The third kappa shape index (κ3) is 4.66. The summed E-state index contributed by atoms with van der Waals surface area (Å²) in [5.41, 5.74) is 5.78. The first-order valence-corrected chi connectivity index (χ1v) is 7.87. The summed E-state index contributed by atoms with van der Waals surface area (Å²) in [5, 5.41) is 8.85. The second-order valence-corrected chi connectivity index (χ2v) is 5.69. The van der Waals surface area contributed by atoms with Crippen molar-refractivity contribution in [2.75, 3.05) is 0 Å². The summed E-state index contributed by atoms with van der Waals surface area (Å²) in [6.45, 7) is 8.64. The minimum Gasteiger partial charge on any atom is -0.481 e. The number of aliphatic carboxylic acids is 1. The molecule has 0 fully saturated rings. The Bertz CT molecular complexity index is 424. The molecule has 1 unspecified atom stereocenters. The first kappa shape index (κ1) is 16.7. The van der Waals surface area contributed by atoms with Crippen LogP contribution >= 0.6 is 0 Å². The quantitative estimate of drug-likeness (QED) is 0.763. The van der Waals surface area contributed by atoms with Crippen molar-refractivity contribution < 1.29 is 9.90 Å². The third-order valence-electron chi connectivity index (χ3n) is 4.07. The van der Waals surface area contributed by atoms with Gasteiger partial charge in [-0.1, -0.05) is 39.8 Å². The number of carboxylic acid groups (broad SMARTS) is 1. The molecule has 0 heterocycles. The SMILES string of the molecule is CCc1cc(CC)c(CCC(C)CC(=O)O)c(CC)c1. The van der Waals surface area contributed by atoms with Gasteiger partial charge in [-0.25, -0.2) is 0 Å². The second-order valence-electron chi connectivity index (χ2n) is 5.69. The van der Waals surface area contributed by atoms with E-state index in [4.69, 9.17) is 5.11 Å². The summed E-state index contributed by atoms with van der Waals surface area (Å²) in [6, 6.07) is 4.66. The highest BCUT2D eigenvalue weighted by atomic mass is 16.4. The van der Waals surface area contributed by atoms with Crippen molar-refractivity contribution in [3.05, 3.63) is 34.4 Å². The van der Waals surface area contributed by atoms with Crippen LogP contribution in [0.4, 0.5) is 0 Å². The summed E-state index contributed by atoms with van der Waals surface area (Å²) in [4.78, 5) is 10.8. The average molecular weight is 276 g/mol. The molecule has 0 spiro atoms. The molecule has 1 aromatic rings. The van der Waals surface area contributed by atoms with E-state index in [2.05, 4.69) is 32.9 Å². The van der Waals surface area contributed by atoms with E-state index in [1.165, 1.54) is 22.3 Å². The molecule has 0 aliphatic heterocycles. The molecule has 0 aromatic heterocycles. The Labute approximate surface area is 123 Å². The molecular weight excluding hydrogens is 248 g/mol. The lowest BCUT2D eigenvalue weighted by Gasteiger charge is -2.17. The van der Waals surface area contributed by atoms with Crippen LogP contribution in [-0.2, 0) is 30.5 Å². The fourth-order valence-electron chi connectivity index (χ4n) is 2.82. The monoisotopic (exact) mass is 276 g/mol. The van der Waals surface area contributed by atoms with Crippen molar-refractivity contribution in [3.8, 4) is 0 Å². The maximum Gasteiger partial charge on any atom is 0.303 e. The van der Waals surface area contributed by atoms with E-state index in [-0.39, 0.29) is 12.3 Å². The molecule has 0 saturated carbocycles. The first-order chi connectivity index (χ1) is 9.51. The van der Waals surface area contributed by atoms with E-state index in [1.807, 2.05) is 6.92 Å². The van der Waals surface area contributed by atoms with Crippen LogP contribution in [0.15, 0.2) is 12.1 Å². The molecule has 2 nitrogen and oxygen atoms in total. The maximum absolute atomic E-state index is 10.8. The Morgan fingerprint density at radius 2 is 1.65 bits per heavy atom. The lowest BCUT2D eigenvalue weighted by molar-refractivity contribution is -0.138. The van der Waals surface area contributed by atoms with Crippen LogP contribution in [0, 0.1) is 5.92 Å². The van der Waals surface area contributed by atoms with Crippen molar-refractivity contribution in [1.82, 2.24) is 0 Å². The number of benzene rings is 1. The second kappa shape index (κ2) is 8.08.